The molecule has 1 saturated carbocycles. The number of aliphatic hydroxyl groups is 1. The second-order valence-electron chi connectivity index (χ2n) is 4.90. The van der Waals surface area contributed by atoms with E-state index in [9.17, 15) is 0 Å². The van der Waals surface area contributed by atoms with E-state index in [0.717, 1.165) is 13.0 Å². The highest BCUT2D eigenvalue weighted by Gasteiger charge is 2.41. The lowest BCUT2D eigenvalue weighted by molar-refractivity contribution is -0.118. The van der Waals surface area contributed by atoms with E-state index in [4.69, 9.17) is 9.84 Å². The topological polar surface area (TPSA) is 29.5 Å². The van der Waals surface area contributed by atoms with E-state index in [-0.39, 0.29) is 6.61 Å². The lowest BCUT2D eigenvalue weighted by Gasteiger charge is -2.47. The first-order chi connectivity index (χ1) is 6.26. The summed E-state index contributed by atoms with van der Waals surface area (Å²) in [5.74, 6) is 0.317. The van der Waals surface area contributed by atoms with E-state index >= 15 is 0 Å². The van der Waals surface area contributed by atoms with Gasteiger partial charge in [0.25, 0.3) is 0 Å². The monoisotopic (exact) mass is 184 g/mol. The highest BCUT2D eigenvalue weighted by Crippen LogP contribution is 2.48. The minimum absolute atomic E-state index is 0.262. The Labute approximate surface area is 80.3 Å². The molecule has 0 bridgehead atoms. The molecule has 2 aliphatic rings. The number of hydrogen-bond acceptors (Lipinski definition) is 2. The van der Waals surface area contributed by atoms with Crippen LogP contribution in [0.5, 0.6) is 0 Å². The summed E-state index contributed by atoms with van der Waals surface area (Å²) in [6.45, 7) is 3.28. The van der Waals surface area contributed by atoms with Crippen molar-refractivity contribution in [3.8, 4) is 0 Å². The van der Waals surface area contributed by atoms with Crippen LogP contribution in [0, 0.1) is 11.3 Å². The number of aliphatic hydroxyl groups excluding tert-OH is 1. The summed E-state index contributed by atoms with van der Waals surface area (Å²) in [6.07, 6.45) is 6.92. The largest absolute Gasteiger partial charge is 0.396 e. The summed E-state index contributed by atoms with van der Waals surface area (Å²) in [5.41, 5.74) is 0.561. The quantitative estimate of drug-likeness (QED) is 0.711. The highest BCUT2D eigenvalue weighted by molar-refractivity contribution is 4.91. The molecule has 13 heavy (non-hydrogen) atoms. The SMILES string of the molecule is C[C@H](CO)C1CCC2(CCC2)CO1. The molecule has 76 valence electrons. The van der Waals surface area contributed by atoms with Crippen molar-refractivity contribution in [2.24, 2.45) is 11.3 Å². The van der Waals surface area contributed by atoms with Gasteiger partial charge in [-0.05, 0) is 31.1 Å². The van der Waals surface area contributed by atoms with Crippen molar-refractivity contribution in [1.82, 2.24) is 0 Å². The normalized spacial score (nSPS) is 34.2. The molecular weight excluding hydrogens is 164 g/mol. The van der Waals surface area contributed by atoms with Crippen LogP contribution in [0.25, 0.3) is 0 Å². The minimum Gasteiger partial charge on any atom is -0.396 e. The Bertz CT molecular complexity index is 165. The summed E-state index contributed by atoms with van der Waals surface area (Å²) in [7, 11) is 0. The van der Waals surface area contributed by atoms with Crippen LogP contribution in [0.1, 0.15) is 39.0 Å². The maximum Gasteiger partial charge on any atom is 0.0623 e. The summed E-state index contributed by atoms with van der Waals surface area (Å²) >= 11 is 0. The average Bonchev–Trinajstić information content (AvgIpc) is 2.14. The molecule has 1 spiro atoms. The van der Waals surface area contributed by atoms with Crippen molar-refractivity contribution in [3.05, 3.63) is 0 Å². The molecule has 0 aromatic rings. The van der Waals surface area contributed by atoms with E-state index in [0.29, 0.717) is 17.4 Å². The van der Waals surface area contributed by atoms with Crippen molar-refractivity contribution >= 4 is 0 Å². The van der Waals surface area contributed by atoms with Gasteiger partial charge >= 0.3 is 0 Å². The Hall–Kier alpha value is -0.0800. The van der Waals surface area contributed by atoms with Gasteiger partial charge in [0.1, 0.15) is 0 Å². The average molecular weight is 184 g/mol. The van der Waals surface area contributed by atoms with Gasteiger partial charge in [0.15, 0.2) is 0 Å². The molecule has 2 heteroatoms. The first kappa shape index (κ1) is 9.47. The molecule has 2 nitrogen and oxygen atoms in total. The summed E-state index contributed by atoms with van der Waals surface area (Å²) < 4.78 is 5.83. The Morgan fingerprint density at radius 3 is 2.62 bits per heavy atom. The summed E-state index contributed by atoms with van der Waals surface area (Å²) in [6, 6.07) is 0. The second kappa shape index (κ2) is 3.58. The lowest BCUT2D eigenvalue weighted by atomic mass is 9.65. The predicted octanol–water partition coefficient (Wildman–Crippen LogP) is 1.96. The van der Waals surface area contributed by atoms with Gasteiger partial charge < -0.3 is 9.84 Å². The maximum absolute atomic E-state index is 9.01. The number of ether oxygens (including phenoxy) is 1. The maximum atomic E-state index is 9.01. The lowest BCUT2D eigenvalue weighted by Crippen LogP contribution is -2.43. The van der Waals surface area contributed by atoms with E-state index in [1.807, 2.05) is 0 Å². The minimum atomic E-state index is 0.262. The van der Waals surface area contributed by atoms with E-state index < -0.39 is 0 Å². The molecule has 2 atom stereocenters. The van der Waals surface area contributed by atoms with Gasteiger partial charge in [0.2, 0.25) is 0 Å². The second-order valence-corrected chi connectivity index (χ2v) is 4.90. The third-order valence-corrected chi connectivity index (χ3v) is 3.90. The van der Waals surface area contributed by atoms with Gasteiger partial charge in [0.05, 0.1) is 12.7 Å². The van der Waals surface area contributed by atoms with Crippen molar-refractivity contribution in [3.63, 3.8) is 0 Å². The summed E-state index contributed by atoms with van der Waals surface area (Å²) in [4.78, 5) is 0. The standard InChI is InChI=1S/C11H20O2/c1-9(7-12)10-3-6-11(8-13-10)4-2-5-11/h9-10,12H,2-8H2,1H3/t9-,10?/m1/s1. The number of rotatable bonds is 2. The van der Waals surface area contributed by atoms with Crippen LogP contribution in [0.3, 0.4) is 0 Å². The molecule has 0 radical (unpaired) electrons. The Morgan fingerprint density at radius 2 is 2.23 bits per heavy atom. The molecule has 1 saturated heterocycles. The smallest absolute Gasteiger partial charge is 0.0623 e. The number of hydrogen-bond donors (Lipinski definition) is 1. The zero-order valence-electron chi connectivity index (χ0n) is 8.46. The molecule has 2 fully saturated rings. The molecule has 1 heterocycles. The zero-order chi connectivity index (χ0) is 9.31. The molecule has 1 aliphatic heterocycles. The van der Waals surface area contributed by atoms with Crippen LogP contribution in [0.15, 0.2) is 0 Å². The zero-order valence-corrected chi connectivity index (χ0v) is 8.46. The predicted molar refractivity (Wildman–Crippen MR) is 51.5 cm³/mol. The van der Waals surface area contributed by atoms with Crippen molar-refractivity contribution in [2.75, 3.05) is 13.2 Å². The van der Waals surface area contributed by atoms with Gasteiger partial charge in [-0.15, -0.1) is 0 Å². The molecule has 0 amide bonds. The molecule has 1 aliphatic carbocycles. The molecule has 1 unspecified atom stereocenters. The van der Waals surface area contributed by atoms with Crippen LogP contribution in [-0.2, 0) is 4.74 Å². The van der Waals surface area contributed by atoms with Gasteiger partial charge in [-0.3, -0.25) is 0 Å². The first-order valence-corrected chi connectivity index (χ1v) is 5.48. The van der Waals surface area contributed by atoms with E-state index in [1.54, 1.807) is 0 Å². The van der Waals surface area contributed by atoms with Crippen LogP contribution >= 0.6 is 0 Å². The van der Waals surface area contributed by atoms with Crippen molar-refractivity contribution in [2.45, 2.75) is 45.1 Å². The molecule has 2 rings (SSSR count). The Balaban J connectivity index is 1.82. The molecular formula is C11H20O2. The highest BCUT2D eigenvalue weighted by atomic mass is 16.5. The Morgan fingerprint density at radius 1 is 1.46 bits per heavy atom. The van der Waals surface area contributed by atoms with Gasteiger partial charge in [-0.25, -0.2) is 0 Å². The van der Waals surface area contributed by atoms with Crippen LogP contribution < -0.4 is 0 Å². The van der Waals surface area contributed by atoms with Crippen LogP contribution in [-0.4, -0.2) is 24.4 Å². The molecule has 1 N–H and O–H groups in total. The van der Waals surface area contributed by atoms with Gasteiger partial charge in [0, 0.05) is 12.5 Å². The van der Waals surface area contributed by atoms with E-state index in [1.165, 1.54) is 25.7 Å². The summed E-state index contributed by atoms with van der Waals surface area (Å²) in [5, 5.41) is 9.01. The van der Waals surface area contributed by atoms with Gasteiger partial charge in [-0.1, -0.05) is 13.3 Å². The first-order valence-electron chi connectivity index (χ1n) is 5.48. The molecule has 0 aromatic carbocycles. The van der Waals surface area contributed by atoms with Crippen LogP contribution in [0.2, 0.25) is 0 Å². The third-order valence-electron chi connectivity index (χ3n) is 3.90. The molecule has 0 aromatic heterocycles. The fraction of sp³-hybridized carbons (Fsp3) is 1.00. The van der Waals surface area contributed by atoms with Crippen molar-refractivity contribution in [1.29, 1.82) is 0 Å². The van der Waals surface area contributed by atoms with Gasteiger partial charge in [-0.2, -0.15) is 0 Å². The third kappa shape index (κ3) is 1.75. The van der Waals surface area contributed by atoms with Crippen molar-refractivity contribution < 1.29 is 9.84 Å². The van der Waals surface area contributed by atoms with E-state index in [2.05, 4.69) is 6.92 Å². The fourth-order valence-electron chi connectivity index (χ4n) is 2.53. The fourth-order valence-corrected chi connectivity index (χ4v) is 2.53. The van der Waals surface area contributed by atoms with Crippen LogP contribution in [0.4, 0.5) is 0 Å². The Kier molecular flexibility index (Phi) is 2.61.